The SMILES string of the molecule is CC(C)=NNc1cc(NN=C(C)C)nc(Cc2ccccc2)n1. The maximum Gasteiger partial charge on any atom is 0.152 e. The first-order valence-corrected chi connectivity index (χ1v) is 7.48. The van der Waals surface area contributed by atoms with Crippen LogP contribution in [0.15, 0.2) is 46.6 Å². The monoisotopic (exact) mass is 310 g/mol. The zero-order valence-corrected chi connectivity index (χ0v) is 14.0. The molecule has 2 rings (SSSR count). The van der Waals surface area contributed by atoms with Crippen molar-refractivity contribution in [2.24, 2.45) is 10.2 Å². The average Bonchev–Trinajstić information content (AvgIpc) is 2.52. The molecule has 0 fully saturated rings. The molecule has 0 aliphatic rings. The Balaban J connectivity index is 2.28. The standard InChI is InChI=1S/C17H22N6/c1-12(2)20-22-16-11-17(23-21-13(3)4)19-15(18-16)10-14-8-6-5-7-9-14/h5-9,11H,10H2,1-4H3,(H2,18,19,22,23). The molecular formula is C17H22N6. The number of nitrogens with zero attached hydrogens (tertiary/aromatic N) is 4. The molecule has 1 aromatic carbocycles. The van der Waals surface area contributed by atoms with Gasteiger partial charge in [-0.1, -0.05) is 30.3 Å². The second-order valence-corrected chi connectivity index (χ2v) is 5.56. The van der Waals surface area contributed by atoms with Crippen LogP contribution < -0.4 is 10.9 Å². The van der Waals surface area contributed by atoms with E-state index in [0.717, 1.165) is 17.0 Å². The van der Waals surface area contributed by atoms with Gasteiger partial charge in [0.05, 0.1) is 0 Å². The fraction of sp³-hybridized carbons (Fsp3) is 0.294. The summed E-state index contributed by atoms with van der Waals surface area (Å²) in [5.74, 6) is 1.98. The summed E-state index contributed by atoms with van der Waals surface area (Å²) < 4.78 is 0. The summed E-state index contributed by atoms with van der Waals surface area (Å²) in [4.78, 5) is 9.02. The van der Waals surface area contributed by atoms with E-state index in [1.165, 1.54) is 0 Å². The van der Waals surface area contributed by atoms with Crippen LogP contribution in [0.4, 0.5) is 11.6 Å². The third kappa shape index (κ3) is 5.86. The van der Waals surface area contributed by atoms with Crippen LogP contribution in [0.3, 0.4) is 0 Å². The lowest BCUT2D eigenvalue weighted by Crippen LogP contribution is -2.05. The maximum absolute atomic E-state index is 4.51. The van der Waals surface area contributed by atoms with Crippen LogP contribution in [-0.4, -0.2) is 21.4 Å². The lowest BCUT2D eigenvalue weighted by molar-refractivity contribution is 0.962. The minimum Gasteiger partial charge on any atom is -0.261 e. The Morgan fingerprint density at radius 3 is 1.87 bits per heavy atom. The number of rotatable bonds is 6. The summed E-state index contributed by atoms with van der Waals surface area (Å²) in [5, 5.41) is 8.38. The molecule has 0 radical (unpaired) electrons. The Morgan fingerprint density at radius 2 is 1.39 bits per heavy atom. The number of benzene rings is 1. The topological polar surface area (TPSA) is 74.6 Å². The van der Waals surface area contributed by atoms with Gasteiger partial charge in [0.2, 0.25) is 0 Å². The largest absolute Gasteiger partial charge is 0.261 e. The normalized spacial score (nSPS) is 9.91. The van der Waals surface area contributed by atoms with Gasteiger partial charge in [0.25, 0.3) is 0 Å². The molecule has 2 aromatic rings. The second-order valence-electron chi connectivity index (χ2n) is 5.56. The molecule has 2 N–H and O–H groups in total. The van der Waals surface area contributed by atoms with Gasteiger partial charge >= 0.3 is 0 Å². The molecule has 120 valence electrons. The molecular weight excluding hydrogens is 288 g/mol. The first kappa shape index (κ1) is 16.6. The Labute approximate surface area is 136 Å². The van der Waals surface area contributed by atoms with Crippen LogP contribution >= 0.6 is 0 Å². The molecule has 6 nitrogen and oxygen atoms in total. The number of anilines is 2. The molecule has 0 atom stereocenters. The van der Waals surface area contributed by atoms with E-state index in [0.29, 0.717) is 23.9 Å². The second kappa shape index (κ2) is 8.03. The predicted octanol–water partition coefficient (Wildman–Crippen LogP) is 3.68. The van der Waals surface area contributed by atoms with E-state index < -0.39 is 0 Å². The van der Waals surface area contributed by atoms with Crippen LogP contribution in [0.25, 0.3) is 0 Å². The number of aromatic nitrogens is 2. The quantitative estimate of drug-likeness (QED) is 0.630. The first-order valence-electron chi connectivity index (χ1n) is 7.48. The molecule has 0 saturated carbocycles. The maximum atomic E-state index is 4.51. The van der Waals surface area contributed by atoms with Crippen molar-refractivity contribution in [2.45, 2.75) is 34.1 Å². The van der Waals surface area contributed by atoms with E-state index in [1.54, 1.807) is 6.07 Å². The van der Waals surface area contributed by atoms with Gasteiger partial charge in [0.15, 0.2) is 11.6 Å². The van der Waals surface area contributed by atoms with Crippen LogP contribution in [-0.2, 0) is 6.42 Å². The van der Waals surface area contributed by atoms with Gasteiger partial charge in [0.1, 0.15) is 5.82 Å². The number of hydrazone groups is 2. The van der Waals surface area contributed by atoms with Gasteiger partial charge in [-0.3, -0.25) is 10.9 Å². The zero-order chi connectivity index (χ0) is 16.7. The minimum absolute atomic E-state index is 0.638. The fourth-order valence-electron chi connectivity index (χ4n) is 1.81. The van der Waals surface area contributed by atoms with Crippen LogP contribution in [0.5, 0.6) is 0 Å². The Hall–Kier alpha value is -2.76. The third-order valence-electron chi connectivity index (χ3n) is 2.77. The lowest BCUT2D eigenvalue weighted by atomic mass is 10.1. The van der Waals surface area contributed by atoms with Gasteiger partial charge in [-0.25, -0.2) is 9.97 Å². The molecule has 0 amide bonds. The Morgan fingerprint density at radius 1 is 0.870 bits per heavy atom. The van der Waals surface area contributed by atoms with Crippen LogP contribution in [0, 0.1) is 0 Å². The summed E-state index contributed by atoms with van der Waals surface area (Å²) >= 11 is 0. The van der Waals surface area contributed by atoms with Crippen molar-refractivity contribution in [3.8, 4) is 0 Å². The zero-order valence-electron chi connectivity index (χ0n) is 14.0. The molecule has 0 spiro atoms. The Bertz CT molecular complexity index is 660. The molecule has 6 heteroatoms. The van der Waals surface area contributed by atoms with Crippen molar-refractivity contribution in [3.05, 3.63) is 47.8 Å². The van der Waals surface area contributed by atoms with E-state index >= 15 is 0 Å². The van der Waals surface area contributed by atoms with Crippen LogP contribution in [0.1, 0.15) is 39.1 Å². The van der Waals surface area contributed by atoms with Gasteiger partial charge in [-0.2, -0.15) is 10.2 Å². The highest BCUT2D eigenvalue weighted by Gasteiger charge is 2.05. The van der Waals surface area contributed by atoms with Gasteiger partial charge in [-0.05, 0) is 33.3 Å². The summed E-state index contributed by atoms with van der Waals surface area (Å²) in [6.07, 6.45) is 0.648. The number of hydrogen-bond acceptors (Lipinski definition) is 6. The van der Waals surface area contributed by atoms with Gasteiger partial charge < -0.3 is 0 Å². The molecule has 0 aliphatic heterocycles. The molecule has 0 aliphatic carbocycles. The van der Waals surface area contributed by atoms with Crippen molar-refractivity contribution >= 4 is 23.1 Å². The minimum atomic E-state index is 0.638. The number of hydrogen-bond donors (Lipinski definition) is 2. The average molecular weight is 310 g/mol. The first-order chi connectivity index (χ1) is 11.0. The van der Waals surface area contributed by atoms with Gasteiger partial charge in [0, 0.05) is 23.9 Å². The van der Waals surface area contributed by atoms with E-state index in [-0.39, 0.29) is 0 Å². The smallest absolute Gasteiger partial charge is 0.152 e. The van der Waals surface area contributed by atoms with Crippen molar-refractivity contribution < 1.29 is 0 Å². The molecule has 1 aromatic heterocycles. The summed E-state index contributed by atoms with van der Waals surface area (Å²) in [6.45, 7) is 7.68. The highest BCUT2D eigenvalue weighted by molar-refractivity contribution is 5.80. The van der Waals surface area contributed by atoms with Crippen molar-refractivity contribution in [1.82, 2.24) is 9.97 Å². The molecule has 1 heterocycles. The summed E-state index contributed by atoms with van der Waals surface area (Å²) in [5.41, 5.74) is 8.89. The van der Waals surface area contributed by atoms with Crippen molar-refractivity contribution in [1.29, 1.82) is 0 Å². The summed E-state index contributed by atoms with van der Waals surface area (Å²) in [6, 6.07) is 11.9. The lowest BCUT2D eigenvalue weighted by Gasteiger charge is -2.08. The Kier molecular flexibility index (Phi) is 5.80. The highest BCUT2D eigenvalue weighted by Crippen LogP contribution is 2.14. The van der Waals surface area contributed by atoms with E-state index in [4.69, 9.17) is 0 Å². The third-order valence-corrected chi connectivity index (χ3v) is 2.77. The fourth-order valence-corrected chi connectivity index (χ4v) is 1.81. The van der Waals surface area contributed by atoms with Crippen molar-refractivity contribution in [2.75, 3.05) is 10.9 Å². The predicted molar refractivity (Wildman–Crippen MR) is 96.1 cm³/mol. The number of nitrogens with one attached hydrogen (secondary N) is 2. The van der Waals surface area contributed by atoms with E-state index in [9.17, 15) is 0 Å². The van der Waals surface area contributed by atoms with Gasteiger partial charge in [-0.15, -0.1) is 0 Å². The molecule has 0 saturated heterocycles. The van der Waals surface area contributed by atoms with Crippen LogP contribution in [0.2, 0.25) is 0 Å². The highest BCUT2D eigenvalue weighted by atomic mass is 15.3. The van der Waals surface area contributed by atoms with E-state index in [1.807, 2.05) is 45.9 Å². The van der Waals surface area contributed by atoms with Crippen molar-refractivity contribution in [3.63, 3.8) is 0 Å². The van der Waals surface area contributed by atoms with E-state index in [2.05, 4.69) is 43.2 Å². The molecule has 0 bridgehead atoms. The molecule has 23 heavy (non-hydrogen) atoms. The molecule has 0 unspecified atom stereocenters. The summed E-state index contributed by atoms with van der Waals surface area (Å²) in [7, 11) is 0.